The molecular formula is C21H20O2. The van der Waals surface area contributed by atoms with Gasteiger partial charge >= 0.3 is 0 Å². The van der Waals surface area contributed by atoms with Crippen LogP contribution >= 0.6 is 0 Å². The van der Waals surface area contributed by atoms with Gasteiger partial charge in [0.25, 0.3) is 0 Å². The fourth-order valence-electron chi connectivity index (χ4n) is 2.70. The van der Waals surface area contributed by atoms with E-state index < -0.39 is 0 Å². The lowest BCUT2D eigenvalue weighted by molar-refractivity contribution is -0.0979. The molecule has 3 aromatic rings. The molecular weight excluding hydrogens is 284 g/mol. The van der Waals surface area contributed by atoms with E-state index in [-0.39, 0.29) is 5.92 Å². The van der Waals surface area contributed by atoms with Gasteiger partial charge in [0.2, 0.25) is 0 Å². The largest absolute Gasteiger partial charge is 0.508 e. The summed E-state index contributed by atoms with van der Waals surface area (Å²) < 4.78 is 0. The summed E-state index contributed by atoms with van der Waals surface area (Å²) >= 11 is 0. The van der Waals surface area contributed by atoms with Gasteiger partial charge in [0, 0.05) is 5.92 Å². The first-order chi connectivity index (χ1) is 11.3. The average molecular weight is 304 g/mol. The Morgan fingerprint density at radius 3 is 1.61 bits per heavy atom. The number of aromatic hydroxyl groups is 1. The lowest BCUT2D eigenvalue weighted by atomic mass is 9.86. The predicted molar refractivity (Wildman–Crippen MR) is 93.7 cm³/mol. The lowest BCUT2D eigenvalue weighted by Gasteiger charge is -2.19. The van der Waals surface area contributed by atoms with Crippen LogP contribution < -0.4 is 0 Å². The van der Waals surface area contributed by atoms with Crippen molar-refractivity contribution in [1.29, 1.82) is 0 Å². The Morgan fingerprint density at radius 2 is 1.13 bits per heavy atom. The number of carbonyl (C=O) groups is 1. The van der Waals surface area contributed by atoms with E-state index in [0.29, 0.717) is 5.75 Å². The van der Waals surface area contributed by atoms with Gasteiger partial charge < -0.3 is 9.90 Å². The highest BCUT2D eigenvalue weighted by Gasteiger charge is 2.16. The number of carbonyl (C=O) groups excluding carboxylic acids is 1. The zero-order chi connectivity index (χ0) is 16.5. The second-order valence-corrected chi connectivity index (χ2v) is 5.21. The molecule has 0 spiro atoms. The monoisotopic (exact) mass is 304 g/mol. The van der Waals surface area contributed by atoms with Crippen LogP contribution in [0, 0.1) is 0 Å². The highest BCUT2D eigenvalue weighted by molar-refractivity contribution is 5.39. The lowest BCUT2D eigenvalue weighted by Crippen LogP contribution is -2.05. The maximum atomic E-state index is 10.1. The Morgan fingerprint density at radius 1 is 0.696 bits per heavy atom. The Balaban J connectivity index is 0.000000924. The number of hydrogen-bond donors (Lipinski definition) is 1. The van der Waals surface area contributed by atoms with Crippen LogP contribution in [0.3, 0.4) is 0 Å². The molecule has 0 aliphatic rings. The molecule has 0 heterocycles. The number of benzene rings is 3. The van der Waals surface area contributed by atoms with E-state index in [1.165, 1.54) is 11.1 Å². The second-order valence-electron chi connectivity index (χ2n) is 5.21. The van der Waals surface area contributed by atoms with Crippen LogP contribution in [0.1, 0.15) is 22.6 Å². The van der Waals surface area contributed by atoms with Gasteiger partial charge in [-0.2, -0.15) is 0 Å². The van der Waals surface area contributed by atoms with Crippen molar-refractivity contribution < 1.29 is 9.90 Å². The number of hydrogen-bond acceptors (Lipinski definition) is 2. The molecule has 2 nitrogen and oxygen atoms in total. The molecule has 0 aliphatic heterocycles. The van der Waals surface area contributed by atoms with Crippen LogP contribution in [-0.2, 0) is 11.2 Å². The number of phenolic OH excluding ortho intramolecular Hbond substituents is 1. The van der Waals surface area contributed by atoms with E-state index in [1.807, 2.05) is 37.1 Å². The van der Waals surface area contributed by atoms with Gasteiger partial charge in [-0.15, -0.1) is 0 Å². The van der Waals surface area contributed by atoms with Crippen molar-refractivity contribution in [1.82, 2.24) is 0 Å². The number of rotatable bonds is 4. The smallest absolute Gasteiger partial charge is 0.118 e. The summed E-state index contributed by atoms with van der Waals surface area (Å²) in [5, 5.41) is 10.1. The van der Waals surface area contributed by atoms with Gasteiger partial charge in [0.05, 0.1) is 0 Å². The summed E-state index contributed by atoms with van der Waals surface area (Å²) in [6, 6.07) is 28.5. The molecule has 0 atom stereocenters. The van der Waals surface area contributed by atoms with Gasteiger partial charge in [0.15, 0.2) is 0 Å². The van der Waals surface area contributed by atoms with E-state index in [1.54, 1.807) is 6.07 Å². The van der Waals surface area contributed by atoms with Gasteiger partial charge in [-0.3, -0.25) is 0 Å². The zero-order valence-corrected chi connectivity index (χ0v) is 12.9. The summed E-state index contributed by atoms with van der Waals surface area (Å²) in [5.41, 5.74) is 3.52. The van der Waals surface area contributed by atoms with Gasteiger partial charge in [-0.05, 0) is 29.2 Å². The highest BCUT2D eigenvalue weighted by Crippen LogP contribution is 2.31. The molecule has 0 fully saturated rings. The van der Waals surface area contributed by atoms with Crippen molar-refractivity contribution >= 4 is 6.79 Å². The highest BCUT2D eigenvalue weighted by atomic mass is 16.3. The Hall–Kier alpha value is -2.87. The summed E-state index contributed by atoms with van der Waals surface area (Å²) in [6.07, 6.45) is 0.792. The van der Waals surface area contributed by atoms with Gasteiger partial charge in [-0.1, -0.05) is 78.9 Å². The van der Waals surface area contributed by atoms with Crippen molar-refractivity contribution in [2.75, 3.05) is 0 Å². The molecule has 0 bridgehead atoms. The molecule has 116 valence electrons. The second kappa shape index (κ2) is 8.54. The topological polar surface area (TPSA) is 37.3 Å². The minimum atomic E-state index is 0.251. The fourth-order valence-corrected chi connectivity index (χ4v) is 2.70. The maximum Gasteiger partial charge on any atom is 0.118 e. The third kappa shape index (κ3) is 4.30. The van der Waals surface area contributed by atoms with Crippen LogP contribution in [0.25, 0.3) is 0 Å². The minimum Gasteiger partial charge on any atom is -0.508 e. The Bertz CT molecular complexity index is 669. The van der Waals surface area contributed by atoms with Crippen molar-refractivity contribution in [3.63, 3.8) is 0 Å². The van der Waals surface area contributed by atoms with Gasteiger partial charge in [-0.25, -0.2) is 0 Å². The molecule has 0 saturated carbocycles. The van der Waals surface area contributed by atoms with Crippen molar-refractivity contribution in [3.8, 4) is 5.75 Å². The molecule has 0 aromatic heterocycles. The van der Waals surface area contributed by atoms with E-state index in [2.05, 4.69) is 48.5 Å². The molecule has 0 aliphatic carbocycles. The summed E-state index contributed by atoms with van der Waals surface area (Å²) in [4.78, 5) is 8.00. The van der Waals surface area contributed by atoms with Crippen molar-refractivity contribution in [3.05, 3.63) is 102 Å². The zero-order valence-electron chi connectivity index (χ0n) is 12.9. The quantitative estimate of drug-likeness (QED) is 0.766. The molecule has 0 saturated heterocycles. The van der Waals surface area contributed by atoms with Crippen LogP contribution in [0.4, 0.5) is 0 Å². The molecule has 2 heteroatoms. The minimum absolute atomic E-state index is 0.251. The van der Waals surface area contributed by atoms with Crippen LogP contribution in [0.5, 0.6) is 5.75 Å². The summed E-state index contributed by atoms with van der Waals surface area (Å²) in [7, 11) is 0. The average Bonchev–Trinajstić information content (AvgIpc) is 2.64. The third-order valence-corrected chi connectivity index (χ3v) is 3.82. The predicted octanol–water partition coefficient (Wildman–Crippen LogP) is 4.58. The van der Waals surface area contributed by atoms with E-state index >= 15 is 0 Å². The first kappa shape index (κ1) is 16.5. The van der Waals surface area contributed by atoms with Crippen LogP contribution in [-0.4, -0.2) is 11.9 Å². The molecule has 0 amide bonds. The number of phenols is 1. The number of para-hydroxylation sites is 1. The molecule has 1 N–H and O–H groups in total. The molecule has 0 unspecified atom stereocenters. The van der Waals surface area contributed by atoms with E-state index in [4.69, 9.17) is 4.79 Å². The first-order valence-electron chi connectivity index (χ1n) is 7.50. The Labute approximate surface area is 137 Å². The molecule has 3 rings (SSSR count). The summed E-state index contributed by atoms with van der Waals surface area (Å²) in [6.45, 7) is 2.00. The van der Waals surface area contributed by atoms with E-state index in [9.17, 15) is 5.11 Å². The first-order valence-corrected chi connectivity index (χ1v) is 7.50. The maximum absolute atomic E-state index is 10.1. The molecule has 0 radical (unpaired) electrons. The molecule has 3 aromatic carbocycles. The summed E-state index contributed by atoms with van der Waals surface area (Å²) in [5.74, 6) is 0.620. The third-order valence-electron chi connectivity index (χ3n) is 3.82. The standard InChI is InChI=1S/C20H18O.CH2O/c21-20-14-8-7-13-18(20)15-19(16-9-3-1-4-10-16)17-11-5-2-6-12-17;1-2/h1-14,19,21H,15H2;1H2. The van der Waals surface area contributed by atoms with Crippen molar-refractivity contribution in [2.24, 2.45) is 0 Å². The van der Waals surface area contributed by atoms with Gasteiger partial charge in [0.1, 0.15) is 12.5 Å². The van der Waals surface area contributed by atoms with Crippen molar-refractivity contribution in [2.45, 2.75) is 12.3 Å². The normalized spacial score (nSPS) is 9.96. The van der Waals surface area contributed by atoms with E-state index in [0.717, 1.165) is 12.0 Å². The fraction of sp³-hybridized carbons (Fsp3) is 0.0952. The molecule has 23 heavy (non-hydrogen) atoms. The van der Waals surface area contributed by atoms with Crippen LogP contribution in [0.2, 0.25) is 0 Å². The van der Waals surface area contributed by atoms with Crippen LogP contribution in [0.15, 0.2) is 84.9 Å². The Kier molecular flexibility index (Phi) is 6.13. The SMILES string of the molecule is C=O.Oc1ccccc1CC(c1ccccc1)c1ccccc1.